The summed E-state index contributed by atoms with van der Waals surface area (Å²) in [5, 5.41) is 13.9. The first-order valence-electron chi connectivity index (χ1n) is 28.4. The van der Waals surface area contributed by atoms with E-state index in [0.717, 1.165) is 113 Å². The molecule has 1 aromatic carbocycles. The Morgan fingerprint density at radius 1 is 0.658 bits per heavy atom. The molecule has 3 aromatic rings. The van der Waals surface area contributed by atoms with Crippen molar-refractivity contribution in [3.63, 3.8) is 0 Å². The fourth-order valence-corrected chi connectivity index (χ4v) is 12.6. The highest BCUT2D eigenvalue weighted by Gasteiger charge is 2.41. The largest absolute Gasteiger partial charge is 0.377 e. The minimum Gasteiger partial charge on any atom is -0.377 e. The van der Waals surface area contributed by atoms with Crippen LogP contribution in [-0.4, -0.2) is 132 Å². The van der Waals surface area contributed by atoms with Crippen LogP contribution in [-0.2, 0) is 54.6 Å². The van der Waals surface area contributed by atoms with E-state index in [-0.39, 0.29) is 59.6 Å². The van der Waals surface area contributed by atoms with Gasteiger partial charge < -0.3 is 49.7 Å². The molecule has 2 aliphatic carbocycles. The van der Waals surface area contributed by atoms with Gasteiger partial charge in [0.2, 0.25) is 23.6 Å². The van der Waals surface area contributed by atoms with Crippen LogP contribution in [0.25, 0.3) is 17.0 Å². The van der Waals surface area contributed by atoms with E-state index in [1.54, 1.807) is 6.08 Å². The van der Waals surface area contributed by atoms with Crippen molar-refractivity contribution in [2.24, 2.45) is 11.8 Å². The molecule has 4 aliphatic rings. The monoisotopic (exact) mass is 1010 g/mol. The number of hydrogen-bond acceptors (Lipinski definition) is 8. The summed E-state index contributed by atoms with van der Waals surface area (Å²) in [6.07, 6.45) is 27.8. The second-order valence-corrected chi connectivity index (χ2v) is 21.4. The van der Waals surface area contributed by atoms with Crippen LogP contribution in [0.15, 0.2) is 55.4 Å². The fraction of sp³-hybridized carbons (Fsp3) is 0.661. The Hall–Kier alpha value is -4.76. The molecular weight excluding hydrogens is 917 g/mol. The molecule has 14 heteroatoms. The number of likely N-dealkylation sites (tertiary alicyclic amines) is 2. The summed E-state index contributed by atoms with van der Waals surface area (Å²) in [6, 6.07) is 7.08. The van der Waals surface area contributed by atoms with Crippen LogP contribution in [0.1, 0.15) is 139 Å². The lowest BCUT2D eigenvalue weighted by Gasteiger charge is -2.35. The zero-order chi connectivity index (χ0) is 51.7. The van der Waals surface area contributed by atoms with E-state index in [2.05, 4.69) is 96.4 Å². The van der Waals surface area contributed by atoms with E-state index in [1.807, 2.05) is 34.0 Å². The number of benzene rings is 1. The molecule has 6 atom stereocenters. The lowest BCUT2D eigenvalue weighted by Crippen LogP contribution is -2.57. The van der Waals surface area contributed by atoms with Crippen LogP contribution in [0.5, 0.6) is 0 Å². The average Bonchev–Trinajstić information content (AvgIpc) is 4.22. The summed E-state index contributed by atoms with van der Waals surface area (Å²) in [7, 11) is 3.62. The minimum atomic E-state index is -0.492. The maximum Gasteiger partial charge on any atom is 0.245 e. The number of fused-ring (bicyclic) bond motifs is 1. The first-order chi connectivity index (χ1) is 35.6. The SMILES string of the molecule is C=C/C=C\c1c(C[C@H]2CCCN2C(=O)[C@@H](NC(=O)[C@H](CC)NC)C2CCCCC2)cn(CCOCCOCCn2cc(C[C@H]3CCCN3C(=O)[C@@H](NC(=O)[C@H](CC)NC)C3CCCCC3)c3ccccc32)c1C. The fourth-order valence-electron chi connectivity index (χ4n) is 12.6. The Bertz CT molecular complexity index is 2280. The number of para-hydroxylation sites is 1. The van der Waals surface area contributed by atoms with Crippen LogP contribution in [0, 0.1) is 18.8 Å². The first-order valence-corrected chi connectivity index (χ1v) is 28.4. The number of rotatable bonds is 27. The molecule has 2 saturated carbocycles. The molecule has 4 N–H and O–H groups in total. The van der Waals surface area contributed by atoms with Gasteiger partial charge in [0.05, 0.1) is 38.5 Å². The van der Waals surface area contributed by atoms with Crippen molar-refractivity contribution >= 4 is 40.6 Å². The van der Waals surface area contributed by atoms with Gasteiger partial charge in [-0.2, -0.15) is 0 Å². The summed E-state index contributed by atoms with van der Waals surface area (Å²) in [5.74, 6) is 0.344. The van der Waals surface area contributed by atoms with Crippen LogP contribution in [0.3, 0.4) is 0 Å². The second kappa shape index (κ2) is 28.2. The molecule has 0 spiro atoms. The van der Waals surface area contributed by atoms with Gasteiger partial charge in [-0.15, -0.1) is 0 Å². The third-order valence-electron chi connectivity index (χ3n) is 16.8. The zero-order valence-corrected chi connectivity index (χ0v) is 45.1. The smallest absolute Gasteiger partial charge is 0.245 e. The van der Waals surface area contributed by atoms with Crippen molar-refractivity contribution < 1.29 is 28.7 Å². The van der Waals surface area contributed by atoms with Crippen molar-refractivity contribution in [3.8, 4) is 0 Å². The Labute approximate surface area is 436 Å². The topological polar surface area (TPSA) is 151 Å². The molecular formula is C59H90N8O6. The summed E-state index contributed by atoms with van der Waals surface area (Å²) < 4.78 is 16.8. The minimum absolute atomic E-state index is 0.0634. The van der Waals surface area contributed by atoms with Crippen molar-refractivity contribution in [3.05, 3.63) is 77.8 Å². The molecule has 2 aromatic heterocycles. The van der Waals surface area contributed by atoms with Gasteiger partial charge in [0, 0.05) is 67.3 Å². The van der Waals surface area contributed by atoms with E-state index in [0.29, 0.717) is 58.9 Å². The maximum atomic E-state index is 14.5. The number of ether oxygens (including phenoxy) is 2. The lowest BCUT2D eigenvalue weighted by atomic mass is 9.83. The second-order valence-electron chi connectivity index (χ2n) is 21.4. The van der Waals surface area contributed by atoms with Crippen LogP contribution in [0.4, 0.5) is 0 Å². The van der Waals surface area contributed by atoms with E-state index in [1.165, 1.54) is 29.4 Å². The third kappa shape index (κ3) is 14.3. The number of nitrogens with one attached hydrogen (secondary N) is 4. The predicted molar refractivity (Wildman–Crippen MR) is 292 cm³/mol. The van der Waals surface area contributed by atoms with Gasteiger partial charge in [-0.1, -0.05) is 95.4 Å². The molecule has 0 radical (unpaired) electrons. The maximum absolute atomic E-state index is 14.5. The normalized spacial score (nSPS) is 20.7. The van der Waals surface area contributed by atoms with Gasteiger partial charge >= 0.3 is 0 Å². The highest BCUT2D eigenvalue weighted by Crippen LogP contribution is 2.34. The molecule has 4 fully saturated rings. The summed E-state index contributed by atoms with van der Waals surface area (Å²) in [4.78, 5) is 59.8. The van der Waals surface area contributed by atoms with Crippen molar-refractivity contribution in [2.45, 2.75) is 186 Å². The summed E-state index contributed by atoms with van der Waals surface area (Å²) in [5.41, 5.74) is 5.92. The molecule has 73 heavy (non-hydrogen) atoms. The number of hydrogen-bond donors (Lipinski definition) is 4. The Morgan fingerprint density at radius 2 is 1.15 bits per heavy atom. The Morgan fingerprint density at radius 3 is 1.66 bits per heavy atom. The van der Waals surface area contributed by atoms with Gasteiger partial charge in [-0.05, 0) is 133 Å². The molecule has 7 rings (SSSR count). The Balaban J connectivity index is 0.907. The number of nitrogens with zero attached hydrogens (tertiary/aromatic N) is 4. The quantitative estimate of drug-likeness (QED) is 0.0445. The molecule has 402 valence electrons. The predicted octanol–water partition coefficient (Wildman–Crippen LogP) is 7.88. The zero-order valence-electron chi connectivity index (χ0n) is 45.1. The molecule has 2 saturated heterocycles. The van der Waals surface area contributed by atoms with Crippen molar-refractivity contribution in [1.29, 1.82) is 0 Å². The van der Waals surface area contributed by atoms with Crippen molar-refractivity contribution in [1.82, 2.24) is 40.2 Å². The van der Waals surface area contributed by atoms with Gasteiger partial charge in [-0.3, -0.25) is 19.2 Å². The van der Waals surface area contributed by atoms with Crippen LogP contribution < -0.4 is 21.3 Å². The van der Waals surface area contributed by atoms with E-state index in [4.69, 9.17) is 9.47 Å². The van der Waals surface area contributed by atoms with E-state index in [9.17, 15) is 19.2 Å². The summed E-state index contributed by atoms with van der Waals surface area (Å²) in [6.45, 7) is 15.0. The number of carbonyl (C=O) groups is 4. The standard InChI is InChI=1S/C59H90N8O6/c1-7-10-27-49-42(4)64(40-45(49)38-47-25-19-30-66(47)58(70)54(43-21-13-11-14-22-43)62-56(68)51(8-2)60-5)32-34-72-36-37-73-35-33-65-41-46(50-28-17-18-29-53(50)65)39-48-26-20-31-67(48)59(71)55(44-23-15-12-16-24-44)63-57(69)52(9-3)61-6/h7,10,17-18,27-29,40-41,43-44,47-48,51-52,54-55,60-61H,1,8-9,11-16,19-26,30-39H2,2-6H3,(H,62,68)(H,63,69)/b27-10-/t47-,48-,51+,52+,54+,55+/m1/s1. The highest BCUT2D eigenvalue weighted by atomic mass is 16.5. The molecule has 4 amide bonds. The molecule has 0 bridgehead atoms. The molecule has 2 aliphatic heterocycles. The molecule has 14 nitrogen and oxygen atoms in total. The molecule has 4 heterocycles. The number of likely N-dealkylation sites (N-methyl/N-ethyl adjacent to an activating group) is 2. The Kier molecular flexibility index (Phi) is 21.6. The van der Waals surface area contributed by atoms with Gasteiger partial charge in [0.1, 0.15) is 12.1 Å². The lowest BCUT2D eigenvalue weighted by molar-refractivity contribution is -0.139. The first kappa shape index (κ1) is 56.0. The number of carbonyl (C=O) groups excluding carboxylic acids is 4. The summed E-state index contributed by atoms with van der Waals surface area (Å²) >= 11 is 0. The van der Waals surface area contributed by atoms with Gasteiger partial charge in [0.15, 0.2) is 0 Å². The van der Waals surface area contributed by atoms with Crippen LogP contribution >= 0.6 is 0 Å². The third-order valence-corrected chi connectivity index (χ3v) is 16.8. The number of amides is 4. The van der Waals surface area contributed by atoms with Crippen LogP contribution in [0.2, 0.25) is 0 Å². The molecule has 0 unspecified atom stereocenters. The highest BCUT2D eigenvalue weighted by molar-refractivity contribution is 5.91. The van der Waals surface area contributed by atoms with E-state index < -0.39 is 12.1 Å². The van der Waals surface area contributed by atoms with E-state index >= 15 is 0 Å². The number of allylic oxidation sites excluding steroid dienone is 2. The number of aromatic nitrogens is 2. The van der Waals surface area contributed by atoms with Gasteiger partial charge in [0.25, 0.3) is 0 Å². The van der Waals surface area contributed by atoms with Gasteiger partial charge in [-0.25, -0.2) is 0 Å². The van der Waals surface area contributed by atoms with Crippen molar-refractivity contribution in [2.75, 3.05) is 53.6 Å². The average molecular weight is 1010 g/mol.